The molecular weight excluding hydrogens is 234 g/mol. The maximum absolute atomic E-state index is 10.6. The largest absolute Gasteiger partial charge is 0.300 e. The summed E-state index contributed by atoms with van der Waals surface area (Å²) in [5.41, 5.74) is 0.558. The summed E-state index contributed by atoms with van der Waals surface area (Å²) in [6.07, 6.45) is 1.88. The van der Waals surface area contributed by atoms with Crippen LogP contribution in [0, 0.1) is 15.5 Å². The van der Waals surface area contributed by atoms with Gasteiger partial charge in [0, 0.05) is 16.8 Å². The minimum Gasteiger partial charge on any atom is -0.300 e. The molecule has 0 unspecified atom stereocenters. The number of nitro groups is 1. The summed E-state index contributed by atoms with van der Waals surface area (Å²) in [5.74, 6) is 0.122. The standard InChI is InChI=1S/C7H13NO3.C6H10O/c1-6(9)4-7(2,3)5-8(10)11;1-5(2)4-6(3)7/h4-5H2,1-3H3;4H,1-3H3. The minimum atomic E-state index is -0.505. The van der Waals surface area contributed by atoms with Gasteiger partial charge < -0.3 is 4.79 Å². The number of Topliss-reactive ketones (excluding diaryl/α,β-unsaturated/α-hetero) is 1. The number of carbonyl (C=O) groups excluding carboxylic acids is 2. The number of nitrogens with zero attached hydrogens (tertiary/aromatic N) is 1. The van der Waals surface area contributed by atoms with Gasteiger partial charge in [0.1, 0.15) is 5.78 Å². The third kappa shape index (κ3) is 16.9. The van der Waals surface area contributed by atoms with Gasteiger partial charge in [-0.3, -0.25) is 14.9 Å². The Labute approximate surface area is 108 Å². The second-order valence-corrected chi connectivity index (χ2v) is 5.37. The molecule has 0 spiro atoms. The lowest BCUT2D eigenvalue weighted by molar-refractivity contribution is -0.495. The summed E-state index contributed by atoms with van der Waals surface area (Å²) in [7, 11) is 0. The van der Waals surface area contributed by atoms with Crippen LogP contribution < -0.4 is 0 Å². The molecule has 0 amide bonds. The topological polar surface area (TPSA) is 77.3 Å². The van der Waals surface area contributed by atoms with Crippen LogP contribution in [0.5, 0.6) is 0 Å². The Morgan fingerprint density at radius 1 is 1.17 bits per heavy atom. The van der Waals surface area contributed by atoms with Crippen molar-refractivity contribution in [3.05, 3.63) is 21.8 Å². The summed E-state index contributed by atoms with van der Waals surface area (Å²) in [6, 6.07) is 0. The first-order valence-corrected chi connectivity index (χ1v) is 5.73. The highest BCUT2D eigenvalue weighted by molar-refractivity contribution is 5.87. The molecule has 0 radical (unpaired) electrons. The third-order valence-electron chi connectivity index (χ3n) is 1.78. The summed E-state index contributed by atoms with van der Waals surface area (Å²) < 4.78 is 0. The van der Waals surface area contributed by atoms with Crippen LogP contribution in [0.1, 0.15) is 48.0 Å². The van der Waals surface area contributed by atoms with Crippen molar-refractivity contribution in [3.63, 3.8) is 0 Å². The van der Waals surface area contributed by atoms with Gasteiger partial charge in [0.15, 0.2) is 5.78 Å². The molecule has 0 N–H and O–H groups in total. The van der Waals surface area contributed by atoms with Crippen molar-refractivity contribution in [3.8, 4) is 0 Å². The van der Waals surface area contributed by atoms with E-state index < -0.39 is 5.41 Å². The van der Waals surface area contributed by atoms with Crippen molar-refractivity contribution in [2.24, 2.45) is 5.41 Å². The normalized spacial score (nSPS) is 9.89. The van der Waals surface area contributed by atoms with E-state index in [4.69, 9.17) is 0 Å². The number of hydrogen-bond acceptors (Lipinski definition) is 4. The maximum Gasteiger partial charge on any atom is 0.209 e. The zero-order valence-corrected chi connectivity index (χ0v) is 12.1. The smallest absolute Gasteiger partial charge is 0.209 e. The average molecular weight is 257 g/mol. The summed E-state index contributed by atoms with van der Waals surface area (Å²) in [5, 5.41) is 10.1. The van der Waals surface area contributed by atoms with E-state index in [0.717, 1.165) is 5.57 Å². The first kappa shape index (κ1) is 18.8. The van der Waals surface area contributed by atoms with E-state index in [2.05, 4.69) is 0 Å². The zero-order valence-electron chi connectivity index (χ0n) is 12.1. The van der Waals surface area contributed by atoms with Gasteiger partial charge in [0.2, 0.25) is 6.54 Å². The van der Waals surface area contributed by atoms with E-state index in [1.807, 2.05) is 13.8 Å². The van der Waals surface area contributed by atoms with E-state index in [9.17, 15) is 19.7 Å². The molecule has 0 aromatic carbocycles. The minimum absolute atomic E-state index is 0.00292. The first-order chi connectivity index (χ1) is 7.96. The van der Waals surface area contributed by atoms with E-state index in [-0.39, 0.29) is 29.5 Å². The molecule has 0 rings (SSSR count). The van der Waals surface area contributed by atoms with Crippen molar-refractivity contribution < 1.29 is 14.5 Å². The fourth-order valence-corrected chi connectivity index (χ4v) is 1.49. The van der Waals surface area contributed by atoms with Crippen molar-refractivity contribution in [1.29, 1.82) is 0 Å². The van der Waals surface area contributed by atoms with E-state index in [1.165, 1.54) is 6.92 Å². The van der Waals surface area contributed by atoms with E-state index in [1.54, 1.807) is 26.8 Å². The second kappa shape index (κ2) is 8.55. The molecule has 0 saturated heterocycles. The average Bonchev–Trinajstić information content (AvgIpc) is 1.94. The lowest BCUT2D eigenvalue weighted by Gasteiger charge is -2.16. The highest BCUT2D eigenvalue weighted by Crippen LogP contribution is 2.20. The fraction of sp³-hybridized carbons (Fsp3) is 0.692. The molecule has 0 aliphatic rings. The molecule has 0 aliphatic heterocycles. The zero-order chi connectivity index (χ0) is 14.9. The SMILES string of the molecule is CC(=O)C=C(C)C.CC(=O)CC(C)(C)C[N+](=O)[O-]. The molecule has 0 saturated carbocycles. The van der Waals surface area contributed by atoms with Gasteiger partial charge in [-0.25, -0.2) is 0 Å². The van der Waals surface area contributed by atoms with Crippen molar-refractivity contribution in [2.45, 2.75) is 48.0 Å². The summed E-state index contributed by atoms with van der Waals surface area (Å²) >= 11 is 0. The highest BCUT2D eigenvalue weighted by atomic mass is 16.6. The number of ketones is 2. The second-order valence-electron chi connectivity index (χ2n) is 5.37. The number of allylic oxidation sites excluding steroid dienone is 2. The van der Waals surface area contributed by atoms with Crippen LogP contribution in [0.2, 0.25) is 0 Å². The quantitative estimate of drug-likeness (QED) is 0.431. The number of rotatable bonds is 5. The third-order valence-corrected chi connectivity index (χ3v) is 1.78. The van der Waals surface area contributed by atoms with Crippen molar-refractivity contribution >= 4 is 11.6 Å². The van der Waals surface area contributed by atoms with Crippen molar-refractivity contribution in [2.75, 3.05) is 6.54 Å². The predicted molar refractivity (Wildman–Crippen MR) is 71.1 cm³/mol. The highest BCUT2D eigenvalue weighted by Gasteiger charge is 2.25. The molecule has 0 aliphatic carbocycles. The first-order valence-electron chi connectivity index (χ1n) is 5.73. The van der Waals surface area contributed by atoms with Crippen LogP contribution in [0.4, 0.5) is 0 Å². The molecule has 0 fully saturated rings. The van der Waals surface area contributed by atoms with Gasteiger partial charge in [-0.05, 0) is 33.8 Å². The Morgan fingerprint density at radius 2 is 1.61 bits per heavy atom. The van der Waals surface area contributed by atoms with Gasteiger partial charge in [0.05, 0.1) is 0 Å². The summed E-state index contributed by atoms with van der Waals surface area (Å²) in [4.78, 5) is 30.5. The van der Waals surface area contributed by atoms with E-state index in [0.29, 0.717) is 0 Å². The Balaban J connectivity index is 0. The lowest BCUT2D eigenvalue weighted by Crippen LogP contribution is -2.25. The summed E-state index contributed by atoms with van der Waals surface area (Å²) in [6.45, 7) is 10.1. The number of carbonyl (C=O) groups is 2. The van der Waals surface area contributed by atoms with Gasteiger partial charge in [-0.1, -0.05) is 19.4 Å². The predicted octanol–water partition coefficient (Wildman–Crippen LogP) is 2.81. The van der Waals surface area contributed by atoms with Gasteiger partial charge >= 0.3 is 0 Å². The van der Waals surface area contributed by atoms with Crippen LogP contribution in [-0.4, -0.2) is 23.0 Å². The molecule has 0 atom stereocenters. The van der Waals surface area contributed by atoms with Crippen LogP contribution in [-0.2, 0) is 9.59 Å². The Kier molecular flexibility index (Phi) is 8.95. The van der Waals surface area contributed by atoms with Gasteiger partial charge in [-0.2, -0.15) is 0 Å². The molecule has 5 nitrogen and oxygen atoms in total. The van der Waals surface area contributed by atoms with E-state index >= 15 is 0 Å². The van der Waals surface area contributed by atoms with Crippen LogP contribution in [0.3, 0.4) is 0 Å². The number of hydrogen-bond donors (Lipinski definition) is 0. The fourth-order valence-electron chi connectivity index (χ4n) is 1.49. The molecular formula is C13H23NO4. The van der Waals surface area contributed by atoms with Gasteiger partial charge in [0.25, 0.3) is 0 Å². The monoisotopic (exact) mass is 257 g/mol. The van der Waals surface area contributed by atoms with Crippen LogP contribution in [0.15, 0.2) is 11.6 Å². The van der Waals surface area contributed by atoms with Crippen LogP contribution >= 0.6 is 0 Å². The molecule has 18 heavy (non-hydrogen) atoms. The molecule has 0 bridgehead atoms. The van der Waals surface area contributed by atoms with Gasteiger partial charge in [-0.15, -0.1) is 0 Å². The molecule has 0 heterocycles. The Morgan fingerprint density at radius 3 is 1.78 bits per heavy atom. The molecule has 104 valence electrons. The van der Waals surface area contributed by atoms with Crippen molar-refractivity contribution in [1.82, 2.24) is 0 Å². The molecule has 0 aromatic heterocycles. The maximum atomic E-state index is 10.6. The molecule has 5 heteroatoms. The molecule has 0 aromatic rings. The Hall–Kier alpha value is -1.52. The Bertz CT molecular complexity index is 321. The van der Waals surface area contributed by atoms with Crippen LogP contribution in [0.25, 0.3) is 0 Å². The lowest BCUT2D eigenvalue weighted by atomic mass is 9.88.